The minimum absolute atomic E-state index is 0.0238. The Morgan fingerprint density at radius 3 is 2.33 bits per heavy atom. The SMILES string of the molecule is O=[N+]([O-])c1ccc(N2CC[NH+](Cc3ccc(Cl)cc3)CC2)c(Cl)c1. The predicted octanol–water partition coefficient (Wildman–Crippen LogP) is 2.81. The molecule has 0 aliphatic carbocycles. The van der Waals surface area contributed by atoms with Gasteiger partial charge in [0.15, 0.2) is 0 Å². The van der Waals surface area contributed by atoms with Crippen molar-refractivity contribution < 1.29 is 9.82 Å². The smallest absolute Gasteiger partial charge is 0.271 e. The van der Waals surface area contributed by atoms with E-state index < -0.39 is 4.92 Å². The standard InChI is InChI=1S/C17H17Cl2N3O2/c18-14-3-1-13(2-4-14)12-20-7-9-21(10-8-20)17-6-5-15(22(23)24)11-16(17)19/h1-6,11H,7-10,12H2/p+1. The molecule has 24 heavy (non-hydrogen) atoms. The number of nitro benzene ring substituents is 1. The lowest BCUT2D eigenvalue weighted by atomic mass is 10.2. The number of rotatable bonds is 4. The van der Waals surface area contributed by atoms with Gasteiger partial charge in [-0.15, -0.1) is 0 Å². The van der Waals surface area contributed by atoms with Crippen molar-refractivity contribution in [2.75, 3.05) is 31.1 Å². The summed E-state index contributed by atoms with van der Waals surface area (Å²) in [5.74, 6) is 0. The summed E-state index contributed by atoms with van der Waals surface area (Å²) in [5, 5.41) is 12.0. The van der Waals surface area contributed by atoms with Crippen molar-refractivity contribution >= 4 is 34.6 Å². The molecular weight excluding hydrogens is 349 g/mol. The number of anilines is 1. The van der Waals surface area contributed by atoms with E-state index in [0.29, 0.717) is 5.02 Å². The quantitative estimate of drug-likeness (QED) is 0.668. The van der Waals surface area contributed by atoms with Crippen LogP contribution >= 0.6 is 23.2 Å². The zero-order valence-electron chi connectivity index (χ0n) is 13.0. The van der Waals surface area contributed by atoms with Crippen LogP contribution < -0.4 is 9.80 Å². The Morgan fingerprint density at radius 1 is 1.08 bits per heavy atom. The molecule has 3 rings (SSSR count). The van der Waals surface area contributed by atoms with Crippen molar-refractivity contribution in [3.8, 4) is 0 Å². The Balaban J connectivity index is 1.60. The molecule has 1 saturated heterocycles. The first-order valence-corrected chi connectivity index (χ1v) is 8.55. The summed E-state index contributed by atoms with van der Waals surface area (Å²) in [6, 6.07) is 12.6. The van der Waals surface area contributed by atoms with Crippen LogP contribution in [0.15, 0.2) is 42.5 Å². The van der Waals surface area contributed by atoms with E-state index in [1.165, 1.54) is 22.6 Å². The number of nitrogens with one attached hydrogen (secondary N) is 1. The average molecular weight is 367 g/mol. The molecule has 0 aromatic heterocycles. The second kappa shape index (κ2) is 7.38. The fourth-order valence-corrected chi connectivity index (χ4v) is 3.42. The Morgan fingerprint density at radius 2 is 1.75 bits per heavy atom. The van der Waals surface area contributed by atoms with E-state index in [1.807, 2.05) is 12.1 Å². The maximum Gasteiger partial charge on any atom is 0.271 e. The number of halogens is 2. The first-order chi connectivity index (χ1) is 11.5. The van der Waals surface area contributed by atoms with Crippen LogP contribution in [-0.4, -0.2) is 31.1 Å². The Kier molecular flexibility index (Phi) is 5.23. The molecular formula is C17H18Cl2N3O2+. The van der Waals surface area contributed by atoms with Gasteiger partial charge < -0.3 is 9.80 Å². The van der Waals surface area contributed by atoms with Gasteiger partial charge in [-0.3, -0.25) is 10.1 Å². The molecule has 0 atom stereocenters. The monoisotopic (exact) mass is 366 g/mol. The number of nitrogens with zero attached hydrogens (tertiary/aromatic N) is 2. The lowest BCUT2D eigenvalue weighted by Crippen LogP contribution is -3.13. The molecule has 0 amide bonds. The fraction of sp³-hybridized carbons (Fsp3) is 0.294. The summed E-state index contributed by atoms with van der Waals surface area (Å²) in [4.78, 5) is 14.1. The van der Waals surface area contributed by atoms with Crippen LogP contribution in [0.4, 0.5) is 11.4 Å². The number of hydrogen-bond donors (Lipinski definition) is 1. The first-order valence-electron chi connectivity index (χ1n) is 7.80. The van der Waals surface area contributed by atoms with Crippen molar-refractivity contribution in [3.05, 3.63) is 68.2 Å². The van der Waals surface area contributed by atoms with Crippen molar-refractivity contribution in [1.82, 2.24) is 0 Å². The van der Waals surface area contributed by atoms with Crippen LogP contribution in [0.1, 0.15) is 5.56 Å². The maximum atomic E-state index is 10.8. The van der Waals surface area contributed by atoms with Crippen LogP contribution in [-0.2, 0) is 6.54 Å². The van der Waals surface area contributed by atoms with Crippen molar-refractivity contribution in [1.29, 1.82) is 0 Å². The van der Waals surface area contributed by atoms with Gasteiger partial charge in [-0.25, -0.2) is 0 Å². The van der Waals surface area contributed by atoms with E-state index in [0.717, 1.165) is 43.4 Å². The van der Waals surface area contributed by atoms with Gasteiger partial charge in [0.05, 0.1) is 41.8 Å². The summed E-state index contributed by atoms with van der Waals surface area (Å²) in [6.45, 7) is 4.71. The van der Waals surface area contributed by atoms with Gasteiger partial charge in [0.1, 0.15) is 6.54 Å². The molecule has 2 aromatic carbocycles. The highest BCUT2D eigenvalue weighted by atomic mass is 35.5. The van der Waals surface area contributed by atoms with Gasteiger partial charge in [0.2, 0.25) is 0 Å². The highest BCUT2D eigenvalue weighted by molar-refractivity contribution is 6.33. The van der Waals surface area contributed by atoms with Crippen molar-refractivity contribution in [3.63, 3.8) is 0 Å². The van der Waals surface area contributed by atoms with Gasteiger partial charge in [-0.2, -0.15) is 0 Å². The summed E-state index contributed by atoms with van der Waals surface area (Å²) in [5.41, 5.74) is 2.17. The molecule has 1 heterocycles. The second-order valence-electron chi connectivity index (χ2n) is 5.93. The van der Waals surface area contributed by atoms with Gasteiger partial charge in [-0.1, -0.05) is 35.3 Å². The first kappa shape index (κ1) is 17.0. The molecule has 2 aromatic rings. The van der Waals surface area contributed by atoms with Crippen LogP contribution in [0.2, 0.25) is 10.0 Å². The molecule has 1 fully saturated rings. The largest absolute Gasteiger partial charge is 0.359 e. The molecule has 0 bridgehead atoms. The molecule has 0 radical (unpaired) electrons. The van der Waals surface area contributed by atoms with E-state index in [4.69, 9.17) is 23.2 Å². The minimum Gasteiger partial charge on any atom is -0.359 e. The van der Waals surface area contributed by atoms with Gasteiger partial charge in [0, 0.05) is 22.7 Å². The van der Waals surface area contributed by atoms with Crippen LogP contribution in [0.25, 0.3) is 0 Å². The molecule has 5 nitrogen and oxygen atoms in total. The second-order valence-corrected chi connectivity index (χ2v) is 6.78. The number of piperazine rings is 1. The van der Waals surface area contributed by atoms with E-state index >= 15 is 0 Å². The highest BCUT2D eigenvalue weighted by Crippen LogP contribution is 2.29. The maximum absolute atomic E-state index is 10.8. The molecule has 126 valence electrons. The number of nitro groups is 1. The molecule has 1 N–H and O–H groups in total. The lowest BCUT2D eigenvalue weighted by molar-refractivity contribution is -0.914. The number of hydrogen-bond acceptors (Lipinski definition) is 3. The zero-order valence-corrected chi connectivity index (χ0v) is 14.6. The van der Waals surface area contributed by atoms with E-state index in [9.17, 15) is 10.1 Å². The average Bonchev–Trinajstić information content (AvgIpc) is 2.58. The fourth-order valence-electron chi connectivity index (χ4n) is 3.00. The predicted molar refractivity (Wildman–Crippen MR) is 96.2 cm³/mol. The molecule has 7 heteroatoms. The zero-order chi connectivity index (χ0) is 17.1. The molecule has 0 unspecified atom stereocenters. The van der Waals surface area contributed by atoms with E-state index in [-0.39, 0.29) is 5.69 Å². The Hall–Kier alpha value is -1.82. The Labute approximate surface area is 150 Å². The van der Waals surface area contributed by atoms with Gasteiger partial charge in [0.25, 0.3) is 5.69 Å². The van der Waals surface area contributed by atoms with Crippen LogP contribution in [0.3, 0.4) is 0 Å². The third-order valence-electron chi connectivity index (χ3n) is 4.32. The molecule has 0 spiro atoms. The number of quaternary nitrogens is 1. The van der Waals surface area contributed by atoms with E-state index in [1.54, 1.807) is 6.07 Å². The summed E-state index contributed by atoms with van der Waals surface area (Å²) in [6.07, 6.45) is 0. The third kappa shape index (κ3) is 3.98. The summed E-state index contributed by atoms with van der Waals surface area (Å²) in [7, 11) is 0. The lowest BCUT2D eigenvalue weighted by Gasteiger charge is -2.34. The van der Waals surface area contributed by atoms with Gasteiger partial charge in [-0.05, 0) is 18.2 Å². The summed E-state index contributed by atoms with van der Waals surface area (Å²) >= 11 is 12.1. The topological polar surface area (TPSA) is 50.8 Å². The van der Waals surface area contributed by atoms with Crippen molar-refractivity contribution in [2.24, 2.45) is 0 Å². The Bertz CT molecular complexity index is 729. The minimum atomic E-state index is -0.427. The normalized spacial score (nSPS) is 15.5. The van der Waals surface area contributed by atoms with Crippen LogP contribution in [0.5, 0.6) is 0 Å². The summed E-state index contributed by atoms with van der Waals surface area (Å²) < 4.78 is 0. The molecule has 1 aliphatic heterocycles. The third-order valence-corrected chi connectivity index (χ3v) is 4.88. The molecule has 0 saturated carbocycles. The highest BCUT2D eigenvalue weighted by Gasteiger charge is 2.22. The van der Waals surface area contributed by atoms with Crippen LogP contribution in [0, 0.1) is 10.1 Å². The van der Waals surface area contributed by atoms with E-state index in [2.05, 4.69) is 17.0 Å². The number of benzene rings is 2. The van der Waals surface area contributed by atoms with Crippen molar-refractivity contribution in [2.45, 2.75) is 6.54 Å². The number of non-ortho nitro benzene ring substituents is 1. The molecule has 1 aliphatic rings. The van der Waals surface area contributed by atoms with Gasteiger partial charge >= 0.3 is 0 Å².